The minimum absolute atomic E-state index is 0.0349. The molecule has 1 aromatic rings. The molecule has 0 atom stereocenters. The highest BCUT2D eigenvalue weighted by molar-refractivity contribution is 6.17. The number of ether oxygens (including phenoxy) is 3. The first kappa shape index (κ1) is 19.7. The second kappa shape index (κ2) is 10.5. The van der Waals surface area contributed by atoms with Crippen LogP contribution in [-0.4, -0.2) is 31.3 Å². The Bertz CT molecular complexity index is 553. The fraction of sp³-hybridized carbons (Fsp3) is 0.474. The van der Waals surface area contributed by atoms with Crippen LogP contribution in [0.1, 0.15) is 46.1 Å². The molecule has 132 valence electrons. The van der Waals surface area contributed by atoms with Crippen LogP contribution in [0.4, 0.5) is 0 Å². The summed E-state index contributed by atoms with van der Waals surface area (Å²) in [6.07, 6.45) is 2.87. The Labute approximate surface area is 143 Å². The van der Waals surface area contributed by atoms with Gasteiger partial charge in [-0.3, -0.25) is 0 Å². The first-order chi connectivity index (χ1) is 11.5. The standard InChI is InChI=1S/C19H26O5/c1-5-10-22-18(20)17(19(21)23-11-6-2)13-15-8-7-9-16(12-15)24-14(3)4/h7-9,12-14H,5-6,10-11H2,1-4H3. The molecule has 0 aromatic heterocycles. The third kappa shape index (κ3) is 6.86. The number of hydrogen-bond donors (Lipinski definition) is 0. The van der Waals surface area contributed by atoms with Gasteiger partial charge >= 0.3 is 11.9 Å². The van der Waals surface area contributed by atoms with E-state index in [1.165, 1.54) is 6.08 Å². The van der Waals surface area contributed by atoms with Gasteiger partial charge in [-0.15, -0.1) is 0 Å². The maximum atomic E-state index is 12.2. The summed E-state index contributed by atoms with van der Waals surface area (Å²) in [6.45, 7) is 8.15. The monoisotopic (exact) mass is 334 g/mol. The maximum Gasteiger partial charge on any atom is 0.345 e. The summed E-state index contributed by atoms with van der Waals surface area (Å²) in [5, 5.41) is 0. The van der Waals surface area contributed by atoms with Crippen LogP contribution in [-0.2, 0) is 19.1 Å². The van der Waals surface area contributed by atoms with Gasteiger partial charge in [0.15, 0.2) is 0 Å². The van der Waals surface area contributed by atoms with E-state index in [1.54, 1.807) is 18.2 Å². The van der Waals surface area contributed by atoms with E-state index in [0.29, 0.717) is 24.2 Å². The molecular formula is C19H26O5. The van der Waals surface area contributed by atoms with Crippen LogP contribution in [0, 0.1) is 0 Å². The van der Waals surface area contributed by atoms with E-state index in [1.807, 2.05) is 33.8 Å². The molecule has 0 saturated carbocycles. The average Bonchev–Trinajstić information content (AvgIpc) is 2.55. The van der Waals surface area contributed by atoms with Gasteiger partial charge in [0.1, 0.15) is 11.3 Å². The van der Waals surface area contributed by atoms with Crippen molar-refractivity contribution < 1.29 is 23.8 Å². The van der Waals surface area contributed by atoms with E-state index < -0.39 is 11.9 Å². The molecule has 0 radical (unpaired) electrons. The predicted molar refractivity (Wildman–Crippen MR) is 92.7 cm³/mol. The summed E-state index contributed by atoms with van der Waals surface area (Å²) in [5.74, 6) is -0.678. The highest BCUT2D eigenvalue weighted by Crippen LogP contribution is 2.18. The summed E-state index contributed by atoms with van der Waals surface area (Å²) in [5.41, 5.74) is 0.559. The molecule has 0 aliphatic carbocycles. The summed E-state index contributed by atoms with van der Waals surface area (Å²) >= 11 is 0. The summed E-state index contributed by atoms with van der Waals surface area (Å²) in [7, 11) is 0. The summed E-state index contributed by atoms with van der Waals surface area (Å²) in [6, 6.07) is 7.17. The van der Waals surface area contributed by atoms with Gasteiger partial charge in [-0.05, 0) is 50.5 Å². The topological polar surface area (TPSA) is 61.8 Å². The molecule has 5 nitrogen and oxygen atoms in total. The first-order valence-corrected chi connectivity index (χ1v) is 8.30. The Morgan fingerprint density at radius 3 is 2.12 bits per heavy atom. The molecule has 0 saturated heterocycles. The maximum absolute atomic E-state index is 12.2. The summed E-state index contributed by atoms with van der Waals surface area (Å²) < 4.78 is 15.8. The third-order valence-corrected chi connectivity index (χ3v) is 2.86. The van der Waals surface area contributed by atoms with Crippen LogP contribution in [0.15, 0.2) is 29.8 Å². The molecule has 0 fully saturated rings. The largest absolute Gasteiger partial charge is 0.491 e. The Balaban J connectivity index is 3.05. The molecule has 0 aliphatic rings. The number of carbonyl (C=O) groups is 2. The predicted octanol–water partition coefficient (Wildman–Crippen LogP) is 3.76. The molecule has 1 aromatic carbocycles. The van der Waals surface area contributed by atoms with Crippen LogP contribution < -0.4 is 4.74 Å². The summed E-state index contributed by atoms with van der Waals surface area (Å²) in [4.78, 5) is 24.3. The van der Waals surface area contributed by atoms with Crippen LogP contribution in [0.5, 0.6) is 5.75 Å². The second-order valence-corrected chi connectivity index (χ2v) is 5.57. The SMILES string of the molecule is CCCOC(=O)C(=Cc1cccc(OC(C)C)c1)C(=O)OCCC. The van der Waals surface area contributed by atoms with Gasteiger partial charge in [-0.25, -0.2) is 9.59 Å². The van der Waals surface area contributed by atoms with Crippen molar-refractivity contribution in [2.45, 2.75) is 46.6 Å². The second-order valence-electron chi connectivity index (χ2n) is 5.57. The van der Waals surface area contributed by atoms with Crippen molar-refractivity contribution in [2.75, 3.05) is 13.2 Å². The van der Waals surface area contributed by atoms with Crippen molar-refractivity contribution in [3.63, 3.8) is 0 Å². The highest BCUT2D eigenvalue weighted by Gasteiger charge is 2.21. The first-order valence-electron chi connectivity index (χ1n) is 8.30. The Morgan fingerprint density at radius 1 is 1.04 bits per heavy atom. The van der Waals surface area contributed by atoms with Crippen molar-refractivity contribution in [2.24, 2.45) is 0 Å². The minimum atomic E-state index is -0.673. The van der Waals surface area contributed by atoms with E-state index in [0.717, 1.165) is 0 Å². The minimum Gasteiger partial charge on any atom is -0.491 e. The van der Waals surface area contributed by atoms with Crippen LogP contribution >= 0.6 is 0 Å². The molecule has 24 heavy (non-hydrogen) atoms. The molecule has 0 heterocycles. The lowest BCUT2D eigenvalue weighted by Crippen LogP contribution is -2.19. The molecular weight excluding hydrogens is 308 g/mol. The average molecular weight is 334 g/mol. The molecule has 0 N–H and O–H groups in total. The molecule has 5 heteroatoms. The zero-order chi connectivity index (χ0) is 17.9. The Kier molecular flexibility index (Phi) is 8.61. The smallest absolute Gasteiger partial charge is 0.345 e. The number of benzene rings is 1. The van der Waals surface area contributed by atoms with Crippen LogP contribution in [0.3, 0.4) is 0 Å². The fourth-order valence-corrected chi connectivity index (χ4v) is 1.86. The lowest BCUT2D eigenvalue weighted by Gasteiger charge is -2.11. The van der Waals surface area contributed by atoms with Crippen molar-refractivity contribution in [3.8, 4) is 5.75 Å². The lowest BCUT2D eigenvalue weighted by atomic mass is 10.1. The number of hydrogen-bond acceptors (Lipinski definition) is 5. The van der Waals surface area contributed by atoms with E-state index in [-0.39, 0.29) is 24.9 Å². The van der Waals surface area contributed by atoms with Crippen molar-refractivity contribution in [1.82, 2.24) is 0 Å². The van der Waals surface area contributed by atoms with Crippen LogP contribution in [0.2, 0.25) is 0 Å². The molecule has 0 unspecified atom stereocenters. The van der Waals surface area contributed by atoms with Crippen molar-refractivity contribution in [1.29, 1.82) is 0 Å². The van der Waals surface area contributed by atoms with Gasteiger partial charge in [0.05, 0.1) is 19.3 Å². The van der Waals surface area contributed by atoms with Crippen molar-refractivity contribution >= 4 is 18.0 Å². The van der Waals surface area contributed by atoms with Gasteiger partial charge in [-0.1, -0.05) is 26.0 Å². The van der Waals surface area contributed by atoms with E-state index in [4.69, 9.17) is 14.2 Å². The lowest BCUT2D eigenvalue weighted by molar-refractivity contribution is -0.147. The number of carbonyl (C=O) groups excluding carboxylic acids is 2. The van der Waals surface area contributed by atoms with Gasteiger partial charge in [-0.2, -0.15) is 0 Å². The Hall–Kier alpha value is -2.30. The van der Waals surface area contributed by atoms with E-state index in [2.05, 4.69) is 0 Å². The van der Waals surface area contributed by atoms with Gasteiger partial charge in [0, 0.05) is 0 Å². The number of esters is 2. The quantitative estimate of drug-likeness (QED) is 0.298. The molecule has 1 rings (SSSR count). The van der Waals surface area contributed by atoms with Gasteiger partial charge in [0.25, 0.3) is 0 Å². The molecule has 0 aliphatic heterocycles. The normalized spacial score (nSPS) is 10.2. The zero-order valence-corrected chi connectivity index (χ0v) is 14.8. The molecule has 0 amide bonds. The molecule has 0 spiro atoms. The van der Waals surface area contributed by atoms with E-state index in [9.17, 15) is 9.59 Å². The highest BCUT2D eigenvalue weighted by atomic mass is 16.6. The Morgan fingerprint density at radius 2 is 1.62 bits per heavy atom. The van der Waals surface area contributed by atoms with Crippen molar-refractivity contribution in [3.05, 3.63) is 35.4 Å². The van der Waals surface area contributed by atoms with E-state index >= 15 is 0 Å². The number of rotatable bonds is 9. The van der Waals surface area contributed by atoms with Gasteiger partial charge in [0.2, 0.25) is 0 Å². The van der Waals surface area contributed by atoms with Gasteiger partial charge < -0.3 is 14.2 Å². The molecule has 0 bridgehead atoms. The zero-order valence-electron chi connectivity index (χ0n) is 14.8. The fourth-order valence-electron chi connectivity index (χ4n) is 1.86. The van der Waals surface area contributed by atoms with Crippen LogP contribution in [0.25, 0.3) is 6.08 Å². The third-order valence-electron chi connectivity index (χ3n) is 2.86.